The number of pyridine rings is 1. The Hall–Kier alpha value is -1.45. The molecule has 0 aromatic carbocycles. The fourth-order valence-corrected chi connectivity index (χ4v) is 1.20. The highest BCUT2D eigenvalue weighted by atomic mass is 16.5. The number of aromatic nitrogens is 1. The number of nitrogen functional groups attached to an aromatic ring is 1. The smallest absolute Gasteiger partial charge is 0.217 e. The molecule has 2 rings (SSSR count). The summed E-state index contributed by atoms with van der Waals surface area (Å²) in [4.78, 5) is 4.08. The summed E-state index contributed by atoms with van der Waals surface area (Å²) in [5.41, 5.74) is 6.32. The monoisotopic (exact) mass is 208 g/mol. The standard InChI is InChI=1S/C11H16N2O2/c1-7(2)14-11-5-10(9(12)6-13-11)15-8-3-4-8/h5-8H,3-4,12H2,1-2H3. The highest BCUT2D eigenvalue weighted by molar-refractivity contribution is 5.52. The first kappa shape index (κ1) is 10.1. The van der Waals surface area contributed by atoms with Gasteiger partial charge in [-0.05, 0) is 26.7 Å². The average molecular weight is 208 g/mol. The van der Waals surface area contributed by atoms with Crippen LogP contribution in [-0.2, 0) is 0 Å². The summed E-state index contributed by atoms with van der Waals surface area (Å²) in [6.45, 7) is 3.92. The third-order valence-corrected chi connectivity index (χ3v) is 2.04. The minimum Gasteiger partial charge on any atom is -0.488 e. The van der Waals surface area contributed by atoms with Crippen molar-refractivity contribution in [1.29, 1.82) is 0 Å². The maximum atomic E-state index is 5.75. The Balaban J connectivity index is 2.12. The minimum atomic E-state index is 0.106. The molecule has 15 heavy (non-hydrogen) atoms. The van der Waals surface area contributed by atoms with E-state index in [2.05, 4.69) is 4.98 Å². The van der Waals surface area contributed by atoms with Gasteiger partial charge in [-0.1, -0.05) is 0 Å². The third-order valence-electron chi connectivity index (χ3n) is 2.04. The van der Waals surface area contributed by atoms with Crippen LogP contribution in [0.3, 0.4) is 0 Å². The Morgan fingerprint density at radius 2 is 2.20 bits per heavy atom. The van der Waals surface area contributed by atoms with Crippen LogP contribution in [0.15, 0.2) is 12.3 Å². The lowest BCUT2D eigenvalue weighted by atomic mass is 10.4. The lowest BCUT2D eigenvalue weighted by Gasteiger charge is -2.11. The van der Waals surface area contributed by atoms with Crippen LogP contribution in [0.25, 0.3) is 0 Å². The summed E-state index contributed by atoms with van der Waals surface area (Å²) >= 11 is 0. The van der Waals surface area contributed by atoms with E-state index in [4.69, 9.17) is 15.2 Å². The van der Waals surface area contributed by atoms with Gasteiger partial charge in [0, 0.05) is 6.07 Å². The lowest BCUT2D eigenvalue weighted by Crippen LogP contribution is -2.08. The summed E-state index contributed by atoms with van der Waals surface area (Å²) in [5.74, 6) is 1.25. The van der Waals surface area contributed by atoms with Crippen LogP contribution >= 0.6 is 0 Å². The van der Waals surface area contributed by atoms with Crippen molar-refractivity contribution >= 4 is 5.69 Å². The Labute approximate surface area is 89.4 Å². The molecule has 1 aromatic heterocycles. The predicted molar refractivity (Wildman–Crippen MR) is 58.1 cm³/mol. The Kier molecular flexibility index (Phi) is 2.66. The van der Waals surface area contributed by atoms with Crippen LogP contribution < -0.4 is 15.2 Å². The number of hydrogen-bond acceptors (Lipinski definition) is 4. The molecule has 0 unspecified atom stereocenters. The zero-order chi connectivity index (χ0) is 10.8. The Morgan fingerprint density at radius 3 is 2.80 bits per heavy atom. The van der Waals surface area contributed by atoms with Crippen molar-refractivity contribution in [3.05, 3.63) is 12.3 Å². The number of anilines is 1. The summed E-state index contributed by atoms with van der Waals surface area (Å²) in [5, 5.41) is 0. The van der Waals surface area contributed by atoms with Crippen LogP contribution in [0.1, 0.15) is 26.7 Å². The van der Waals surface area contributed by atoms with Crippen LogP contribution in [0.4, 0.5) is 5.69 Å². The van der Waals surface area contributed by atoms with Crippen molar-refractivity contribution in [3.63, 3.8) is 0 Å². The molecule has 1 aliphatic rings. The third kappa shape index (κ3) is 2.75. The van der Waals surface area contributed by atoms with Gasteiger partial charge in [0.2, 0.25) is 5.88 Å². The highest BCUT2D eigenvalue weighted by Crippen LogP contribution is 2.32. The van der Waals surface area contributed by atoms with E-state index in [0.717, 1.165) is 12.8 Å². The molecule has 2 N–H and O–H groups in total. The number of rotatable bonds is 4. The normalized spacial score (nSPS) is 15.4. The molecule has 0 radical (unpaired) electrons. The second-order valence-electron chi connectivity index (χ2n) is 4.04. The van der Waals surface area contributed by atoms with E-state index in [1.54, 1.807) is 12.3 Å². The van der Waals surface area contributed by atoms with Gasteiger partial charge in [0.1, 0.15) is 5.75 Å². The summed E-state index contributed by atoms with van der Waals surface area (Å²) in [6, 6.07) is 1.76. The number of nitrogens with zero attached hydrogens (tertiary/aromatic N) is 1. The molecule has 1 saturated carbocycles. The molecule has 0 atom stereocenters. The minimum absolute atomic E-state index is 0.106. The van der Waals surface area contributed by atoms with Gasteiger partial charge >= 0.3 is 0 Å². The van der Waals surface area contributed by atoms with Crippen molar-refractivity contribution in [1.82, 2.24) is 4.98 Å². The van der Waals surface area contributed by atoms with Crippen molar-refractivity contribution in [2.45, 2.75) is 38.9 Å². The van der Waals surface area contributed by atoms with Crippen LogP contribution in [0, 0.1) is 0 Å². The summed E-state index contributed by atoms with van der Waals surface area (Å²) in [6.07, 6.45) is 4.25. The fourth-order valence-electron chi connectivity index (χ4n) is 1.20. The first-order valence-electron chi connectivity index (χ1n) is 5.24. The number of nitrogens with two attached hydrogens (primary N) is 1. The molecule has 0 amide bonds. The van der Waals surface area contributed by atoms with Gasteiger partial charge in [0.05, 0.1) is 24.1 Å². The quantitative estimate of drug-likeness (QED) is 0.822. The molecule has 1 aromatic rings. The van der Waals surface area contributed by atoms with Gasteiger partial charge < -0.3 is 15.2 Å². The molecule has 0 bridgehead atoms. The van der Waals surface area contributed by atoms with Gasteiger partial charge in [0.25, 0.3) is 0 Å². The van der Waals surface area contributed by atoms with Crippen molar-refractivity contribution in [2.24, 2.45) is 0 Å². The van der Waals surface area contributed by atoms with Crippen LogP contribution in [0.5, 0.6) is 11.6 Å². The van der Waals surface area contributed by atoms with Crippen molar-refractivity contribution in [3.8, 4) is 11.6 Å². The predicted octanol–water partition coefficient (Wildman–Crippen LogP) is 1.99. The van der Waals surface area contributed by atoms with E-state index in [0.29, 0.717) is 23.4 Å². The average Bonchev–Trinajstić information content (AvgIpc) is 2.94. The van der Waals surface area contributed by atoms with Gasteiger partial charge in [-0.3, -0.25) is 0 Å². The largest absolute Gasteiger partial charge is 0.488 e. The van der Waals surface area contributed by atoms with Crippen molar-refractivity contribution in [2.75, 3.05) is 5.73 Å². The van der Waals surface area contributed by atoms with Crippen LogP contribution in [-0.4, -0.2) is 17.2 Å². The highest BCUT2D eigenvalue weighted by Gasteiger charge is 2.24. The van der Waals surface area contributed by atoms with E-state index in [1.807, 2.05) is 13.8 Å². The second kappa shape index (κ2) is 3.96. The molecule has 0 aliphatic heterocycles. The van der Waals surface area contributed by atoms with E-state index in [9.17, 15) is 0 Å². The van der Waals surface area contributed by atoms with Gasteiger partial charge in [-0.25, -0.2) is 4.98 Å². The van der Waals surface area contributed by atoms with E-state index in [-0.39, 0.29) is 6.10 Å². The van der Waals surface area contributed by atoms with Crippen molar-refractivity contribution < 1.29 is 9.47 Å². The second-order valence-corrected chi connectivity index (χ2v) is 4.04. The van der Waals surface area contributed by atoms with Gasteiger partial charge in [0.15, 0.2) is 0 Å². The molecule has 82 valence electrons. The fraction of sp³-hybridized carbons (Fsp3) is 0.545. The maximum Gasteiger partial charge on any atom is 0.217 e. The molecule has 1 aliphatic carbocycles. The lowest BCUT2D eigenvalue weighted by molar-refractivity contribution is 0.230. The summed E-state index contributed by atoms with van der Waals surface area (Å²) in [7, 11) is 0. The van der Waals surface area contributed by atoms with Gasteiger partial charge in [-0.15, -0.1) is 0 Å². The molecule has 4 heteroatoms. The zero-order valence-corrected chi connectivity index (χ0v) is 9.06. The summed E-state index contributed by atoms with van der Waals surface area (Å²) < 4.78 is 11.1. The SMILES string of the molecule is CC(C)Oc1cc(OC2CC2)c(N)cn1. The molecule has 0 saturated heterocycles. The molecule has 4 nitrogen and oxygen atoms in total. The van der Waals surface area contributed by atoms with Crippen LogP contribution in [0.2, 0.25) is 0 Å². The molecule has 1 heterocycles. The van der Waals surface area contributed by atoms with E-state index in [1.165, 1.54) is 0 Å². The topological polar surface area (TPSA) is 57.4 Å². The molecular formula is C11H16N2O2. The Morgan fingerprint density at radius 1 is 1.47 bits per heavy atom. The number of ether oxygens (including phenoxy) is 2. The zero-order valence-electron chi connectivity index (χ0n) is 9.06. The molecule has 0 spiro atoms. The molecule has 1 fully saturated rings. The van der Waals surface area contributed by atoms with E-state index < -0.39 is 0 Å². The van der Waals surface area contributed by atoms with E-state index >= 15 is 0 Å². The molecular weight excluding hydrogens is 192 g/mol. The van der Waals surface area contributed by atoms with Gasteiger partial charge in [-0.2, -0.15) is 0 Å². The maximum absolute atomic E-state index is 5.75. The number of hydrogen-bond donors (Lipinski definition) is 1. The first-order valence-corrected chi connectivity index (χ1v) is 5.24. The Bertz CT molecular complexity index is 348. The first-order chi connectivity index (χ1) is 7.15.